The molecule has 12 rings (SSSR count). The van der Waals surface area contributed by atoms with Crippen LogP contribution in [-0.2, 0) is 5.41 Å². The van der Waals surface area contributed by atoms with Crippen LogP contribution in [0.3, 0.4) is 0 Å². The Kier molecular flexibility index (Phi) is 7.31. The third-order valence-corrected chi connectivity index (χ3v) is 12.8. The van der Waals surface area contributed by atoms with Gasteiger partial charge in [0.1, 0.15) is 11.2 Å². The number of fused-ring (bicyclic) bond motifs is 10. The molecular formula is C57H39NO. The number of furan rings is 1. The lowest BCUT2D eigenvalue weighted by Crippen LogP contribution is -2.17. The van der Waals surface area contributed by atoms with Gasteiger partial charge in [-0.1, -0.05) is 159 Å². The van der Waals surface area contributed by atoms with Gasteiger partial charge in [0.05, 0.1) is 5.69 Å². The molecule has 1 aromatic heterocycles. The molecule has 11 aromatic rings. The average Bonchev–Trinajstić information content (AvgIpc) is 3.78. The molecule has 0 unspecified atom stereocenters. The maximum atomic E-state index is 6.62. The number of rotatable bonds is 5. The summed E-state index contributed by atoms with van der Waals surface area (Å²) < 4.78 is 6.62. The first-order valence-electron chi connectivity index (χ1n) is 20.5. The van der Waals surface area contributed by atoms with Crippen LogP contribution >= 0.6 is 0 Å². The van der Waals surface area contributed by atoms with Crippen molar-refractivity contribution in [2.45, 2.75) is 19.3 Å². The van der Waals surface area contributed by atoms with Gasteiger partial charge in [-0.05, 0) is 126 Å². The van der Waals surface area contributed by atoms with E-state index >= 15 is 0 Å². The van der Waals surface area contributed by atoms with Crippen molar-refractivity contribution in [1.29, 1.82) is 0 Å². The Bertz CT molecular complexity index is 3480. The smallest absolute Gasteiger partial charge is 0.136 e. The first kappa shape index (κ1) is 33.7. The third-order valence-electron chi connectivity index (χ3n) is 12.8. The molecule has 0 saturated heterocycles. The number of nitrogens with zero attached hydrogens (tertiary/aromatic N) is 1. The van der Waals surface area contributed by atoms with Gasteiger partial charge in [-0.2, -0.15) is 0 Å². The van der Waals surface area contributed by atoms with Gasteiger partial charge in [-0.15, -0.1) is 0 Å². The maximum absolute atomic E-state index is 6.62. The Morgan fingerprint density at radius 1 is 0.390 bits per heavy atom. The van der Waals surface area contributed by atoms with Crippen LogP contribution in [-0.4, -0.2) is 0 Å². The summed E-state index contributed by atoms with van der Waals surface area (Å²) in [5, 5.41) is 9.65. The average molecular weight is 754 g/mol. The SMILES string of the molecule is CC1(C)c2ccccc2-c2ccc(N(c3ccc(-c4ccc5ccccc5c4)cc3)c3ccc4oc5ccccc5c4c3-c3ccc4ccc5ccccc5c4c3)cc21. The van der Waals surface area contributed by atoms with Crippen molar-refractivity contribution in [3.05, 3.63) is 211 Å². The van der Waals surface area contributed by atoms with Crippen LogP contribution in [0.4, 0.5) is 17.1 Å². The largest absolute Gasteiger partial charge is 0.456 e. The molecule has 10 aromatic carbocycles. The molecule has 278 valence electrons. The van der Waals surface area contributed by atoms with E-state index in [9.17, 15) is 0 Å². The fourth-order valence-electron chi connectivity index (χ4n) is 9.87. The van der Waals surface area contributed by atoms with Crippen LogP contribution in [0.15, 0.2) is 205 Å². The normalized spacial score (nSPS) is 13.1. The van der Waals surface area contributed by atoms with Crippen molar-refractivity contribution in [2.24, 2.45) is 0 Å². The van der Waals surface area contributed by atoms with Crippen molar-refractivity contribution < 1.29 is 4.42 Å². The molecule has 0 N–H and O–H groups in total. The van der Waals surface area contributed by atoms with Gasteiger partial charge in [-0.25, -0.2) is 0 Å². The molecular weight excluding hydrogens is 715 g/mol. The highest BCUT2D eigenvalue weighted by Gasteiger charge is 2.36. The molecule has 0 saturated carbocycles. The molecule has 0 amide bonds. The predicted octanol–water partition coefficient (Wildman–Crippen LogP) is 16.2. The number of hydrogen-bond acceptors (Lipinski definition) is 2. The van der Waals surface area contributed by atoms with Crippen molar-refractivity contribution >= 4 is 71.3 Å². The highest BCUT2D eigenvalue weighted by Crippen LogP contribution is 2.52. The molecule has 0 bridgehead atoms. The van der Waals surface area contributed by atoms with Crippen molar-refractivity contribution in [3.8, 4) is 33.4 Å². The third kappa shape index (κ3) is 5.20. The molecule has 0 spiro atoms. The van der Waals surface area contributed by atoms with E-state index < -0.39 is 0 Å². The van der Waals surface area contributed by atoms with Gasteiger partial charge in [0.2, 0.25) is 0 Å². The van der Waals surface area contributed by atoms with E-state index in [1.807, 2.05) is 0 Å². The second-order valence-electron chi connectivity index (χ2n) is 16.5. The lowest BCUT2D eigenvalue weighted by atomic mass is 9.82. The van der Waals surface area contributed by atoms with E-state index in [1.54, 1.807) is 0 Å². The summed E-state index contributed by atoms with van der Waals surface area (Å²) in [7, 11) is 0. The second kappa shape index (κ2) is 12.8. The standard InChI is InChI=1S/C57H39NO/c1-57(2)50-17-9-7-15-46(50)47-30-29-44(35-51(47)57)58(43-27-25-37(26-28-43)41-23-19-36-11-3-4-13-40(36)33-41)52-31-32-54-56(48-16-8-10-18-53(48)59-54)55(52)42-24-22-39-21-20-38-12-5-6-14-45(38)49(39)34-42/h3-35H,1-2H3. The van der Waals surface area contributed by atoms with Crippen LogP contribution < -0.4 is 4.90 Å². The maximum Gasteiger partial charge on any atom is 0.136 e. The second-order valence-corrected chi connectivity index (χ2v) is 16.5. The summed E-state index contributed by atoms with van der Waals surface area (Å²) in [6.45, 7) is 4.72. The van der Waals surface area contributed by atoms with Crippen LogP contribution in [0.5, 0.6) is 0 Å². The minimum Gasteiger partial charge on any atom is -0.456 e. The predicted molar refractivity (Wildman–Crippen MR) is 249 cm³/mol. The number of benzene rings is 10. The summed E-state index contributed by atoms with van der Waals surface area (Å²) in [5.74, 6) is 0. The van der Waals surface area contributed by atoms with Gasteiger partial charge in [0.15, 0.2) is 0 Å². The first-order chi connectivity index (χ1) is 29.0. The minimum atomic E-state index is -0.152. The summed E-state index contributed by atoms with van der Waals surface area (Å²) in [5.41, 5.74) is 14.9. The molecule has 1 aliphatic rings. The van der Waals surface area contributed by atoms with Crippen molar-refractivity contribution in [1.82, 2.24) is 0 Å². The molecule has 59 heavy (non-hydrogen) atoms. The molecule has 1 aliphatic carbocycles. The molecule has 0 atom stereocenters. The Labute approximate surface area is 343 Å². The van der Waals surface area contributed by atoms with Crippen molar-refractivity contribution in [2.75, 3.05) is 4.90 Å². The Hall–Kier alpha value is -7.42. The molecule has 0 radical (unpaired) electrons. The van der Waals surface area contributed by atoms with Gasteiger partial charge >= 0.3 is 0 Å². The Balaban J connectivity index is 1.13. The number of para-hydroxylation sites is 1. The Morgan fingerprint density at radius 3 is 1.88 bits per heavy atom. The molecule has 0 fully saturated rings. The fourth-order valence-corrected chi connectivity index (χ4v) is 9.87. The van der Waals surface area contributed by atoms with Gasteiger partial charge in [-0.3, -0.25) is 0 Å². The highest BCUT2D eigenvalue weighted by atomic mass is 16.3. The van der Waals surface area contributed by atoms with E-state index in [0.29, 0.717) is 0 Å². The summed E-state index contributed by atoms with van der Waals surface area (Å²) in [6, 6.07) is 73.4. The monoisotopic (exact) mass is 753 g/mol. The van der Waals surface area contributed by atoms with E-state index in [1.165, 1.54) is 65.7 Å². The zero-order chi connectivity index (χ0) is 39.2. The molecule has 2 nitrogen and oxygen atoms in total. The molecule has 0 aliphatic heterocycles. The van der Waals surface area contributed by atoms with Gasteiger partial charge in [0, 0.05) is 33.1 Å². The quantitative estimate of drug-likeness (QED) is 0.163. The molecule has 2 heteroatoms. The van der Waals surface area contributed by atoms with Crippen molar-refractivity contribution in [3.63, 3.8) is 0 Å². The van der Waals surface area contributed by atoms with Crippen LogP contribution in [0.1, 0.15) is 25.0 Å². The number of hydrogen-bond donors (Lipinski definition) is 0. The summed E-state index contributed by atoms with van der Waals surface area (Å²) in [6.07, 6.45) is 0. The van der Waals surface area contributed by atoms with Crippen LogP contribution in [0.25, 0.3) is 87.6 Å². The highest BCUT2D eigenvalue weighted by molar-refractivity contribution is 6.18. The summed E-state index contributed by atoms with van der Waals surface area (Å²) in [4.78, 5) is 2.47. The van der Waals surface area contributed by atoms with Crippen LogP contribution in [0.2, 0.25) is 0 Å². The lowest BCUT2D eigenvalue weighted by molar-refractivity contribution is 0.660. The van der Waals surface area contributed by atoms with Crippen LogP contribution in [0, 0.1) is 0 Å². The fraction of sp³-hybridized carbons (Fsp3) is 0.0526. The zero-order valence-electron chi connectivity index (χ0n) is 32.9. The van der Waals surface area contributed by atoms with Gasteiger partial charge in [0.25, 0.3) is 0 Å². The van der Waals surface area contributed by atoms with Gasteiger partial charge < -0.3 is 9.32 Å². The minimum absolute atomic E-state index is 0.152. The number of anilines is 3. The topological polar surface area (TPSA) is 16.4 Å². The Morgan fingerprint density at radius 2 is 1.02 bits per heavy atom. The van der Waals surface area contributed by atoms with E-state index in [-0.39, 0.29) is 5.41 Å². The van der Waals surface area contributed by atoms with E-state index in [2.05, 4.69) is 219 Å². The lowest BCUT2D eigenvalue weighted by Gasteiger charge is -2.30. The van der Waals surface area contributed by atoms with E-state index in [4.69, 9.17) is 4.42 Å². The first-order valence-corrected chi connectivity index (χ1v) is 20.5. The molecule has 1 heterocycles. The zero-order valence-corrected chi connectivity index (χ0v) is 32.9. The van der Waals surface area contributed by atoms with E-state index in [0.717, 1.165) is 50.1 Å². The summed E-state index contributed by atoms with van der Waals surface area (Å²) >= 11 is 0.